The van der Waals surface area contributed by atoms with Crippen LogP contribution in [0.5, 0.6) is 5.75 Å². The molecule has 0 unspecified atom stereocenters. The molecule has 2 aromatic carbocycles. The van der Waals surface area contributed by atoms with E-state index in [4.69, 9.17) is 4.74 Å². The lowest BCUT2D eigenvalue weighted by Gasteiger charge is -2.12. The van der Waals surface area contributed by atoms with Gasteiger partial charge in [-0.05, 0) is 55.7 Å². The minimum Gasteiger partial charge on any atom is -0.452 e. The number of amides is 1. The summed E-state index contributed by atoms with van der Waals surface area (Å²) in [6, 6.07) is 9.64. The Bertz CT molecular complexity index is 853. The molecule has 0 aliphatic carbocycles. The number of carbonyl (C=O) groups excluding carboxylic acids is 2. The number of benzene rings is 2. The third kappa shape index (κ3) is 6.50. The van der Waals surface area contributed by atoms with Gasteiger partial charge in [-0.25, -0.2) is 4.79 Å². The highest BCUT2D eigenvalue weighted by Gasteiger charge is 2.10. The average molecular weight is 389 g/mol. The molecule has 7 heteroatoms. The van der Waals surface area contributed by atoms with Gasteiger partial charge in [0.05, 0.1) is 0 Å². The molecule has 0 aliphatic heterocycles. The van der Waals surface area contributed by atoms with E-state index in [0.717, 1.165) is 22.8 Å². The monoisotopic (exact) mass is 389 g/mol. The molecule has 28 heavy (non-hydrogen) atoms. The fraction of sp³-hybridized carbons (Fsp3) is 0.238. The van der Waals surface area contributed by atoms with Crippen LogP contribution in [0.2, 0.25) is 0 Å². The second-order valence-electron chi connectivity index (χ2n) is 6.21. The van der Waals surface area contributed by atoms with Crippen LogP contribution in [0.15, 0.2) is 42.5 Å². The second kappa shape index (κ2) is 9.64. The fourth-order valence-corrected chi connectivity index (χ4v) is 2.66. The van der Waals surface area contributed by atoms with E-state index in [1.807, 2.05) is 32.9 Å². The first-order chi connectivity index (χ1) is 13.2. The van der Waals surface area contributed by atoms with Crippen LogP contribution < -0.4 is 10.1 Å². The number of halogens is 2. The zero-order chi connectivity index (χ0) is 20.7. The average Bonchev–Trinajstić information content (AvgIpc) is 2.62. The highest BCUT2D eigenvalue weighted by molar-refractivity contribution is 5.95. The number of rotatable bonds is 7. The second-order valence-corrected chi connectivity index (χ2v) is 6.21. The van der Waals surface area contributed by atoms with Gasteiger partial charge in [-0.1, -0.05) is 29.8 Å². The van der Waals surface area contributed by atoms with Gasteiger partial charge >= 0.3 is 12.6 Å². The first kappa shape index (κ1) is 21.1. The molecule has 0 radical (unpaired) electrons. The van der Waals surface area contributed by atoms with Crippen molar-refractivity contribution in [2.45, 2.75) is 27.4 Å². The number of hydrogen-bond acceptors (Lipinski definition) is 4. The maximum absolute atomic E-state index is 12.1. The summed E-state index contributed by atoms with van der Waals surface area (Å²) in [5.41, 5.74) is 4.24. The smallest absolute Gasteiger partial charge is 0.387 e. The summed E-state index contributed by atoms with van der Waals surface area (Å²) in [6.07, 6.45) is 2.60. The zero-order valence-electron chi connectivity index (χ0n) is 15.8. The molecule has 0 aromatic heterocycles. The molecule has 0 saturated carbocycles. The predicted octanol–water partition coefficient (Wildman–Crippen LogP) is 4.41. The Morgan fingerprint density at radius 3 is 2.25 bits per heavy atom. The van der Waals surface area contributed by atoms with Gasteiger partial charge < -0.3 is 14.8 Å². The number of anilines is 1. The van der Waals surface area contributed by atoms with Crippen molar-refractivity contribution in [2.24, 2.45) is 0 Å². The van der Waals surface area contributed by atoms with Crippen molar-refractivity contribution in [1.29, 1.82) is 0 Å². The first-order valence-corrected chi connectivity index (χ1v) is 8.52. The fourth-order valence-electron chi connectivity index (χ4n) is 2.66. The first-order valence-electron chi connectivity index (χ1n) is 8.52. The van der Waals surface area contributed by atoms with E-state index in [-0.39, 0.29) is 5.75 Å². The largest absolute Gasteiger partial charge is 0.452 e. The Morgan fingerprint density at radius 1 is 1.07 bits per heavy atom. The molecule has 0 atom stereocenters. The topological polar surface area (TPSA) is 64.6 Å². The van der Waals surface area contributed by atoms with E-state index >= 15 is 0 Å². The van der Waals surface area contributed by atoms with Crippen LogP contribution in [-0.4, -0.2) is 25.1 Å². The number of hydrogen-bond donors (Lipinski definition) is 1. The van der Waals surface area contributed by atoms with Gasteiger partial charge in [0.25, 0.3) is 5.91 Å². The SMILES string of the molecule is Cc1cc(C)c(NC(=O)COC(=O)/C=C/c2ccc(OC(F)F)cc2)c(C)c1. The lowest BCUT2D eigenvalue weighted by Crippen LogP contribution is -2.21. The van der Waals surface area contributed by atoms with E-state index < -0.39 is 25.1 Å². The molecule has 148 valence electrons. The molecule has 1 N–H and O–H groups in total. The molecule has 0 saturated heterocycles. The third-order valence-corrected chi connectivity index (χ3v) is 3.80. The van der Waals surface area contributed by atoms with Crippen molar-refractivity contribution in [1.82, 2.24) is 0 Å². The molecule has 1 amide bonds. The number of aryl methyl sites for hydroxylation is 3. The Labute approximate surface area is 162 Å². The summed E-state index contributed by atoms with van der Waals surface area (Å²) >= 11 is 0. The lowest BCUT2D eigenvalue weighted by molar-refractivity contribution is -0.142. The van der Waals surface area contributed by atoms with Crippen molar-refractivity contribution < 1.29 is 27.8 Å². The number of nitrogens with one attached hydrogen (secondary N) is 1. The highest BCUT2D eigenvalue weighted by Crippen LogP contribution is 2.21. The number of esters is 1. The molecule has 2 rings (SSSR count). The van der Waals surface area contributed by atoms with Gasteiger partial charge in [0.1, 0.15) is 5.75 Å². The predicted molar refractivity (Wildman–Crippen MR) is 102 cm³/mol. The molecule has 0 bridgehead atoms. The molecule has 0 fully saturated rings. The van der Waals surface area contributed by atoms with E-state index in [1.54, 1.807) is 0 Å². The molecule has 0 heterocycles. The van der Waals surface area contributed by atoms with Gasteiger partial charge in [-0.15, -0.1) is 0 Å². The Kier molecular flexibility index (Phi) is 7.26. The summed E-state index contributed by atoms with van der Waals surface area (Å²) in [4.78, 5) is 23.8. The highest BCUT2D eigenvalue weighted by atomic mass is 19.3. The van der Waals surface area contributed by atoms with E-state index in [0.29, 0.717) is 11.3 Å². The molecule has 2 aromatic rings. The van der Waals surface area contributed by atoms with Crippen LogP contribution in [-0.2, 0) is 14.3 Å². The van der Waals surface area contributed by atoms with Crippen LogP contribution >= 0.6 is 0 Å². The van der Waals surface area contributed by atoms with Crippen LogP contribution in [0, 0.1) is 20.8 Å². The number of carbonyl (C=O) groups is 2. The molecular formula is C21H21F2NO4. The summed E-state index contributed by atoms with van der Waals surface area (Å²) in [7, 11) is 0. The van der Waals surface area contributed by atoms with Crippen LogP contribution in [0.3, 0.4) is 0 Å². The minimum atomic E-state index is -2.89. The van der Waals surface area contributed by atoms with Crippen molar-refractivity contribution in [3.8, 4) is 5.75 Å². The summed E-state index contributed by atoms with van der Waals surface area (Å²) < 4.78 is 33.3. The van der Waals surface area contributed by atoms with E-state index in [2.05, 4.69) is 10.1 Å². The van der Waals surface area contributed by atoms with Crippen molar-refractivity contribution in [3.05, 3.63) is 64.7 Å². The minimum absolute atomic E-state index is 0.0214. The Hall–Kier alpha value is -3.22. The third-order valence-electron chi connectivity index (χ3n) is 3.80. The standard InChI is InChI=1S/C21H21F2NO4/c1-13-10-14(2)20(15(3)11-13)24-18(25)12-27-19(26)9-6-16-4-7-17(8-5-16)28-21(22)23/h4-11,21H,12H2,1-3H3,(H,24,25)/b9-6+. The normalized spacial score (nSPS) is 10.9. The van der Waals surface area contributed by atoms with E-state index in [9.17, 15) is 18.4 Å². The van der Waals surface area contributed by atoms with Crippen LogP contribution in [0.1, 0.15) is 22.3 Å². The Morgan fingerprint density at radius 2 is 1.68 bits per heavy atom. The summed E-state index contributed by atoms with van der Waals surface area (Å²) in [5.74, 6) is -1.11. The van der Waals surface area contributed by atoms with Crippen LogP contribution in [0.25, 0.3) is 6.08 Å². The van der Waals surface area contributed by atoms with Gasteiger partial charge in [0.2, 0.25) is 0 Å². The summed E-state index contributed by atoms with van der Waals surface area (Å²) in [5, 5.41) is 2.74. The molecule has 0 aliphatic rings. The lowest BCUT2D eigenvalue weighted by atomic mass is 10.1. The van der Waals surface area contributed by atoms with E-state index in [1.165, 1.54) is 30.3 Å². The molecule has 0 spiro atoms. The number of ether oxygens (including phenoxy) is 2. The van der Waals surface area contributed by atoms with Crippen molar-refractivity contribution in [2.75, 3.05) is 11.9 Å². The van der Waals surface area contributed by atoms with Crippen LogP contribution in [0.4, 0.5) is 14.5 Å². The maximum atomic E-state index is 12.1. The molecular weight excluding hydrogens is 368 g/mol. The van der Waals surface area contributed by atoms with Gasteiger partial charge in [0.15, 0.2) is 6.61 Å². The maximum Gasteiger partial charge on any atom is 0.387 e. The van der Waals surface area contributed by atoms with Crippen molar-refractivity contribution >= 4 is 23.6 Å². The summed E-state index contributed by atoms with van der Waals surface area (Å²) in [6.45, 7) is 2.44. The molecule has 5 nitrogen and oxygen atoms in total. The quantitative estimate of drug-likeness (QED) is 0.563. The zero-order valence-corrected chi connectivity index (χ0v) is 15.8. The number of alkyl halides is 2. The van der Waals surface area contributed by atoms with Gasteiger partial charge in [-0.2, -0.15) is 8.78 Å². The Balaban J connectivity index is 1.85. The van der Waals surface area contributed by atoms with Gasteiger partial charge in [-0.3, -0.25) is 4.79 Å². The van der Waals surface area contributed by atoms with Crippen molar-refractivity contribution in [3.63, 3.8) is 0 Å². The van der Waals surface area contributed by atoms with Gasteiger partial charge in [0, 0.05) is 11.8 Å².